The average molecular weight is 341 g/mol. The lowest BCUT2D eigenvalue weighted by atomic mass is 10.2. The van der Waals surface area contributed by atoms with E-state index >= 15 is 0 Å². The molecule has 1 aromatic carbocycles. The van der Waals surface area contributed by atoms with Gasteiger partial charge in [0.25, 0.3) is 5.91 Å². The molecule has 0 radical (unpaired) electrons. The van der Waals surface area contributed by atoms with Crippen molar-refractivity contribution in [1.29, 1.82) is 0 Å². The van der Waals surface area contributed by atoms with Crippen molar-refractivity contribution < 1.29 is 18.8 Å². The molecule has 25 heavy (non-hydrogen) atoms. The molecule has 0 bridgehead atoms. The fourth-order valence-corrected chi connectivity index (χ4v) is 2.72. The minimum Gasteiger partial charge on any atom is -0.459 e. The van der Waals surface area contributed by atoms with Gasteiger partial charge in [-0.15, -0.1) is 0 Å². The van der Waals surface area contributed by atoms with Crippen LogP contribution in [0, 0.1) is 0 Å². The van der Waals surface area contributed by atoms with Crippen LogP contribution < -0.4 is 10.2 Å². The molecule has 0 spiro atoms. The lowest BCUT2D eigenvalue weighted by Crippen LogP contribution is -2.34. The Bertz CT molecular complexity index is 768. The van der Waals surface area contributed by atoms with Crippen molar-refractivity contribution >= 4 is 29.1 Å². The average Bonchev–Trinajstić information content (AvgIpc) is 3.26. The van der Waals surface area contributed by atoms with E-state index in [1.807, 2.05) is 0 Å². The molecular weight excluding hydrogens is 322 g/mol. The number of hydrogen-bond donors (Lipinski definition) is 1. The van der Waals surface area contributed by atoms with Crippen LogP contribution >= 0.6 is 0 Å². The van der Waals surface area contributed by atoms with Crippen LogP contribution in [-0.4, -0.2) is 42.8 Å². The van der Waals surface area contributed by atoms with Gasteiger partial charge in [-0.2, -0.15) is 0 Å². The molecule has 3 amide bonds. The Labute approximate surface area is 145 Å². The molecule has 1 aliphatic heterocycles. The van der Waals surface area contributed by atoms with Crippen molar-refractivity contribution in [1.82, 2.24) is 4.90 Å². The van der Waals surface area contributed by atoms with E-state index in [1.54, 1.807) is 41.3 Å². The highest BCUT2D eigenvalue weighted by Gasteiger charge is 2.21. The van der Waals surface area contributed by atoms with Crippen molar-refractivity contribution in [2.45, 2.75) is 12.8 Å². The summed E-state index contributed by atoms with van der Waals surface area (Å²) in [6.45, 7) is 0.635. The predicted octanol–water partition coefficient (Wildman–Crippen LogP) is 2.12. The minimum atomic E-state index is -0.358. The third-order valence-electron chi connectivity index (χ3n) is 4.00. The van der Waals surface area contributed by atoms with Crippen LogP contribution in [0.5, 0.6) is 0 Å². The van der Waals surface area contributed by atoms with Crippen molar-refractivity contribution in [3.8, 4) is 0 Å². The number of carbonyl (C=O) groups is 3. The summed E-state index contributed by atoms with van der Waals surface area (Å²) in [5.74, 6) is -0.361. The highest BCUT2D eigenvalue weighted by molar-refractivity contribution is 5.98. The monoisotopic (exact) mass is 341 g/mol. The summed E-state index contributed by atoms with van der Waals surface area (Å²) in [5, 5.41) is 2.74. The van der Waals surface area contributed by atoms with Gasteiger partial charge in [0.15, 0.2) is 5.76 Å². The number of likely N-dealkylation sites (N-methyl/N-ethyl adjacent to an activating group) is 1. The Morgan fingerprint density at radius 1 is 1.24 bits per heavy atom. The highest BCUT2D eigenvalue weighted by Crippen LogP contribution is 2.23. The molecular formula is C18H19N3O4. The molecule has 3 rings (SSSR count). The van der Waals surface area contributed by atoms with Crippen LogP contribution in [0.3, 0.4) is 0 Å². The molecule has 0 unspecified atom stereocenters. The van der Waals surface area contributed by atoms with Crippen molar-refractivity contribution in [2.24, 2.45) is 0 Å². The number of anilines is 2. The van der Waals surface area contributed by atoms with Crippen molar-refractivity contribution in [3.05, 3.63) is 48.4 Å². The quantitative estimate of drug-likeness (QED) is 0.903. The molecule has 1 aromatic heterocycles. The lowest BCUT2D eigenvalue weighted by Gasteiger charge is -2.17. The van der Waals surface area contributed by atoms with Crippen molar-refractivity contribution in [2.75, 3.05) is 30.4 Å². The Kier molecular flexibility index (Phi) is 4.83. The van der Waals surface area contributed by atoms with E-state index in [0.717, 1.165) is 18.7 Å². The molecule has 1 saturated heterocycles. The minimum absolute atomic E-state index is 0.0914. The van der Waals surface area contributed by atoms with Crippen molar-refractivity contribution in [3.63, 3.8) is 0 Å². The molecule has 1 aliphatic rings. The van der Waals surface area contributed by atoms with Gasteiger partial charge in [0.1, 0.15) is 0 Å². The maximum Gasteiger partial charge on any atom is 0.289 e. The maximum absolute atomic E-state index is 12.1. The molecule has 1 N–H and O–H groups in total. The second-order valence-electron chi connectivity index (χ2n) is 5.88. The van der Waals surface area contributed by atoms with E-state index < -0.39 is 0 Å². The fourth-order valence-electron chi connectivity index (χ4n) is 2.72. The molecule has 0 saturated carbocycles. The van der Waals surface area contributed by atoms with Gasteiger partial charge >= 0.3 is 0 Å². The lowest BCUT2D eigenvalue weighted by molar-refractivity contribution is -0.117. The van der Waals surface area contributed by atoms with E-state index in [2.05, 4.69) is 5.32 Å². The Balaban J connectivity index is 1.56. The van der Waals surface area contributed by atoms with E-state index in [-0.39, 0.29) is 30.0 Å². The summed E-state index contributed by atoms with van der Waals surface area (Å²) >= 11 is 0. The smallest absolute Gasteiger partial charge is 0.289 e. The van der Waals surface area contributed by atoms with E-state index in [9.17, 15) is 14.4 Å². The second-order valence-corrected chi connectivity index (χ2v) is 5.88. The topological polar surface area (TPSA) is 82.9 Å². The summed E-state index contributed by atoms with van der Waals surface area (Å²) in [5.41, 5.74) is 1.44. The van der Waals surface area contributed by atoms with Gasteiger partial charge in [0.05, 0.1) is 12.8 Å². The summed E-state index contributed by atoms with van der Waals surface area (Å²) in [4.78, 5) is 38.9. The molecule has 1 fully saturated rings. The van der Waals surface area contributed by atoms with Gasteiger partial charge in [0, 0.05) is 31.4 Å². The van der Waals surface area contributed by atoms with Gasteiger partial charge in [-0.25, -0.2) is 0 Å². The van der Waals surface area contributed by atoms with Crippen LogP contribution in [0.2, 0.25) is 0 Å². The number of rotatable bonds is 5. The summed E-state index contributed by atoms with van der Waals surface area (Å²) < 4.78 is 5.03. The zero-order chi connectivity index (χ0) is 17.8. The largest absolute Gasteiger partial charge is 0.459 e. The van der Waals surface area contributed by atoms with E-state index in [4.69, 9.17) is 4.42 Å². The Morgan fingerprint density at radius 3 is 2.60 bits per heavy atom. The first-order valence-corrected chi connectivity index (χ1v) is 8.04. The Hall–Kier alpha value is -3.09. The number of amides is 3. The fraction of sp³-hybridized carbons (Fsp3) is 0.278. The normalized spacial score (nSPS) is 13.8. The number of nitrogens with one attached hydrogen (secondary N) is 1. The maximum atomic E-state index is 12.1. The van der Waals surface area contributed by atoms with Crippen LogP contribution in [0.15, 0.2) is 47.1 Å². The highest BCUT2D eigenvalue weighted by atomic mass is 16.3. The molecule has 0 atom stereocenters. The third kappa shape index (κ3) is 3.88. The molecule has 7 heteroatoms. The number of carbonyl (C=O) groups excluding carboxylic acids is 3. The standard InChI is InChI=1S/C18H19N3O4/c1-20(18(24)15-4-3-11-25-15)12-16(22)19-13-6-8-14(9-7-13)21-10-2-5-17(21)23/h3-4,6-9,11H,2,5,10,12H2,1H3,(H,19,22). The first-order valence-electron chi connectivity index (χ1n) is 8.04. The first-order chi connectivity index (χ1) is 12.0. The predicted molar refractivity (Wildman–Crippen MR) is 92.3 cm³/mol. The first kappa shape index (κ1) is 16.8. The second kappa shape index (κ2) is 7.21. The zero-order valence-corrected chi connectivity index (χ0v) is 13.9. The summed E-state index contributed by atoms with van der Waals surface area (Å²) in [7, 11) is 1.53. The van der Waals surface area contributed by atoms with E-state index in [0.29, 0.717) is 12.1 Å². The van der Waals surface area contributed by atoms with Gasteiger partial charge in [0.2, 0.25) is 11.8 Å². The van der Waals surface area contributed by atoms with E-state index in [1.165, 1.54) is 18.2 Å². The third-order valence-corrected chi connectivity index (χ3v) is 4.00. The zero-order valence-electron chi connectivity index (χ0n) is 13.9. The van der Waals surface area contributed by atoms with Crippen LogP contribution in [0.1, 0.15) is 23.4 Å². The number of benzene rings is 1. The van der Waals surface area contributed by atoms with Gasteiger partial charge in [-0.3, -0.25) is 14.4 Å². The SMILES string of the molecule is CN(CC(=O)Nc1ccc(N2CCCC2=O)cc1)C(=O)c1ccco1. The van der Waals surface area contributed by atoms with Crippen LogP contribution in [-0.2, 0) is 9.59 Å². The Morgan fingerprint density at radius 2 is 2.00 bits per heavy atom. The van der Waals surface area contributed by atoms with Crippen LogP contribution in [0.4, 0.5) is 11.4 Å². The van der Waals surface area contributed by atoms with Crippen LogP contribution in [0.25, 0.3) is 0 Å². The molecule has 2 heterocycles. The number of hydrogen-bond acceptors (Lipinski definition) is 4. The summed E-state index contributed by atoms with van der Waals surface area (Å²) in [6.07, 6.45) is 2.86. The van der Waals surface area contributed by atoms with Gasteiger partial charge in [-0.1, -0.05) is 0 Å². The molecule has 7 nitrogen and oxygen atoms in total. The number of nitrogens with zero attached hydrogens (tertiary/aromatic N) is 2. The van der Waals surface area contributed by atoms with Gasteiger partial charge in [-0.05, 0) is 42.8 Å². The summed E-state index contributed by atoms with van der Waals surface area (Å²) in [6, 6.07) is 10.3. The van der Waals surface area contributed by atoms with Gasteiger partial charge < -0.3 is 19.5 Å². The molecule has 0 aliphatic carbocycles. The molecule has 2 aromatic rings. The molecule has 130 valence electrons. The number of furan rings is 1.